The van der Waals surface area contributed by atoms with Crippen molar-refractivity contribution in [1.29, 1.82) is 0 Å². The van der Waals surface area contributed by atoms with Gasteiger partial charge in [-0.25, -0.2) is 0 Å². The van der Waals surface area contributed by atoms with Crippen LogP contribution in [0.15, 0.2) is 48.7 Å². The molecule has 134 valence electrons. The Labute approximate surface area is 152 Å². The molecule has 0 bridgehead atoms. The van der Waals surface area contributed by atoms with E-state index in [2.05, 4.69) is 10.3 Å². The first-order chi connectivity index (χ1) is 12.7. The molecule has 4 rings (SSSR count). The summed E-state index contributed by atoms with van der Waals surface area (Å²) in [5.74, 6) is 0.492. The summed E-state index contributed by atoms with van der Waals surface area (Å²) in [7, 11) is 0. The number of piperidine rings is 1. The van der Waals surface area contributed by atoms with E-state index in [1.165, 1.54) is 0 Å². The lowest BCUT2D eigenvalue weighted by Crippen LogP contribution is -2.58. The van der Waals surface area contributed by atoms with Crippen molar-refractivity contribution < 1.29 is 14.3 Å². The van der Waals surface area contributed by atoms with E-state index in [1.54, 1.807) is 12.3 Å². The smallest absolute Gasteiger partial charge is 0.255 e. The lowest BCUT2D eigenvalue weighted by Gasteiger charge is -2.42. The number of carbonyl (C=O) groups is 2. The molecule has 0 radical (unpaired) electrons. The quantitative estimate of drug-likeness (QED) is 0.896. The number of likely N-dealkylation sites (tertiary alicyclic amines) is 1. The fourth-order valence-corrected chi connectivity index (χ4v) is 3.66. The normalized spacial score (nSPS) is 22.2. The Bertz CT molecular complexity index is 824. The van der Waals surface area contributed by atoms with Crippen LogP contribution >= 0.6 is 0 Å². The number of benzene rings is 1. The molecule has 0 saturated carbocycles. The van der Waals surface area contributed by atoms with Crippen LogP contribution < -0.4 is 10.1 Å². The minimum atomic E-state index is -0.583. The maximum atomic E-state index is 12.7. The molecule has 26 heavy (non-hydrogen) atoms. The second-order valence-corrected chi connectivity index (χ2v) is 6.88. The molecule has 1 atom stereocenters. The van der Waals surface area contributed by atoms with Crippen molar-refractivity contribution in [3.8, 4) is 5.75 Å². The van der Waals surface area contributed by atoms with Crippen LogP contribution in [0.5, 0.6) is 5.75 Å². The van der Waals surface area contributed by atoms with Crippen LogP contribution in [0.25, 0.3) is 0 Å². The number of rotatable bonds is 2. The molecule has 1 spiro atoms. The standard InChI is InChI=1S/C20H21N3O3/c24-18(12-15-6-3-4-10-21-15)23-11-5-9-20(14-23)13-22-19(25)16-7-1-2-8-17(16)26-20/h1-4,6-8,10H,5,9,11-14H2,(H,22,25). The number of para-hydroxylation sites is 1. The largest absolute Gasteiger partial charge is 0.483 e. The SMILES string of the molecule is O=C1NCC2(CCCN(C(=O)Cc3ccccn3)C2)Oc2ccccc21. The second kappa shape index (κ2) is 6.78. The van der Waals surface area contributed by atoms with Crippen molar-refractivity contribution >= 4 is 11.8 Å². The summed E-state index contributed by atoms with van der Waals surface area (Å²) in [5, 5.41) is 2.96. The van der Waals surface area contributed by atoms with Gasteiger partial charge in [-0.05, 0) is 37.1 Å². The molecule has 1 aromatic carbocycles. The van der Waals surface area contributed by atoms with Crippen molar-refractivity contribution in [2.24, 2.45) is 0 Å². The highest BCUT2D eigenvalue weighted by molar-refractivity contribution is 5.97. The minimum absolute atomic E-state index is 0.0373. The number of nitrogens with zero attached hydrogens (tertiary/aromatic N) is 2. The van der Waals surface area contributed by atoms with E-state index in [-0.39, 0.29) is 18.2 Å². The van der Waals surface area contributed by atoms with E-state index in [4.69, 9.17) is 4.74 Å². The van der Waals surface area contributed by atoms with Crippen LogP contribution in [0.1, 0.15) is 28.9 Å². The lowest BCUT2D eigenvalue weighted by atomic mass is 9.92. The number of hydrogen-bond donors (Lipinski definition) is 1. The van der Waals surface area contributed by atoms with Gasteiger partial charge in [-0.3, -0.25) is 14.6 Å². The van der Waals surface area contributed by atoms with Gasteiger partial charge >= 0.3 is 0 Å². The predicted octanol–water partition coefficient (Wildman–Crippen LogP) is 1.81. The van der Waals surface area contributed by atoms with Crippen LogP contribution in [-0.4, -0.2) is 46.9 Å². The number of hydrogen-bond acceptors (Lipinski definition) is 4. The lowest BCUT2D eigenvalue weighted by molar-refractivity contribution is -0.136. The van der Waals surface area contributed by atoms with Gasteiger partial charge in [0, 0.05) is 18.4 Å². The maximum absolute atomic E-state index is 12.7. The van der Waals surface area contributed by atoms with Gasteiger partial charge in [0.25, 0.3) is 5.91 Å². The third kappa shape index (κ3) is 3.27. The van der Waals surface area contributed by atoms with Crippen molar-refractivity contribution in [3.05, 3.63) is 59.9 Å². The topological polar surface area (TPSA) is 71.5 Å². The fraction of sp³-hybridized carbons (Fsp3) is 0.350. The second-order valence-electron chi connectivity index (χ2n) is 6.88. The Morgan fingerprint density at radius 2 is 2.08 bits per heavy atom. The Kier molecular flexibility index (Phi) is 4.32. The van der Waals surface area contributed by atoms with Gasteiger partial charge in [-0.1, -0.05) is 18.2 Å². The summed E-state index contributed by atoms with van der Waals surface area (Å²) >= 11 is 0. The molecule has 1 N–H and O–H groups in total. The molecule has 2 aliphatic heterocycles. The number of amides is 2. The zero-order chi connectivity index (χ0) is 18.0. The molecule has 6 heteroatoms. The third-order valence-electron chi connectivity index (χ3n) is 4.98. The first-order valence-electron chi connectivity index (χ1n) is 8.89. The maximum Gasteiger partial charge on any atom is 0.255 e. The number of ether oxygens (including phenoxy) is 1. The summed E-state index contributed by atoms with van der Waals surface area (Å²) in [6.07, 6.45) is 3.61. The predicted molar refractivity (Wildman–Crippen MR) is 95.9 cm³/mol. The van der Waals surface area contributed by atoms with Gasteiger partial charge in [0.05, 0.1) is 25.1 Å². The molecule has 1 aromatic heterocycles. The average molecular weight is 351 g/mol. The molecule has 0 aliphatic carbocycles. The van der Waals surface area contributed by atoms with Crippen molar-refractivity contribution in [1.82, 2.24) is 15.2 Å². The van der Waals surface area contributed by atoms with Crippen LogP contribution in [-0.2, 0) is 11.2 Å². The molecule has 2 aliphatic rings. The summed E-state index contributed by atoms with van der Waals surface area (Å²) < 4.78 is 6.29. The third-order valence-corrected chi connectivity index (χ3v) is 4.98. The molecule has 2 amide bonds. The van der Waals surface area contributed by atoms with Crippen molar-refractivity contribution in [3.63, 3.8) is 0 Å². The fourth-order valence-electron chi connectivity index (χ4n) is 3.66. The summed E-state index contributed by atoms with van der Waals surface area (Å²) in [6.45, 7) is 1.56. The van der Waals surface area contributed by atoms with E-state index in [0.29, 0.717) is 30.9 Å². The molecule has 1 saturated heterocycles. The zero-order valence-corrected chi connectivity index (χ0v) is 14.5. The number of pyridine rings is 1. The van der Waals surface area contributed by atoms with Gasteiger partial charge in [-0.2, -0.15) is 0 Å². The monoisotopic (exact) mass is 351 g/mol. The Morgan fingerprint density at radius 1 is 1.23 bits per heavy atom. The van der Waals surface area contributed by atoms with Crippen molar-refractivity contribution in [2.75, 3.05) is 19.6 Å². The van der Waals surface area contributed by atoms with E-state index in [0.717, 1.165) is 18.5 Å². The molecule has 3 heterocycles. The molecule has 1 unspecified atom stereocenters. The highest BCUT2D eigenvalue weighted by atomic mass is 16.5. The molecule has 1 fully saturated rings. The van der Waals surface area contributed by atoms with Gasteiger partial charge in [-0.15, -0.1) is 0 Å². The number of fused-ring (bicyclic) bond motifs is 1. The van der Waals surface area contributed by atoms with E-state index in [9.17, 15) is 9.59 Å². The minimum Gasteiger partial charge on any atom is -0.483 e. The average Bonchev–Trinajstić information content (AvgIpc) is 2.80. The first kappa shape index (κ1) is 16.6. The van der Waals surface area contributed by atoms with E-state index < -0.39 is 5.60 Å². The van der Waals surface area contributed by atoms with Gasteiger partial charge < -0.3 is 15.0 Å². The summed E-state index contributed by atoms with van der Waals surface area (Å²) in [4.78, 5) is 31.1. The van der Waals surface area contributed by atoms with Gasteiger partial charge in [0.15, 0.2) is 0 Å². The highest BCUT2D eigenvalue weighted by Crippen LogP contribution is 2.32. The van der Waals surface area contributed by atoms with Gasteiger partial charge in [0.1, 0.15) is 11.4 Å². The first-order valence-corrected chi connectivity index (χ1v) is 8.89. The number of nitrogens with one attached hydrogen (secondary N) is 1. The highest BCUT2D eigenvalue weighted by Gasteiger charge is 2.42. The summed E-state index contributed by atoms with van der Waals surface area (Å²) in [5.41, 5.74) is 0.721. The van der Waals surface area contributed by atoms with E-state index in [1.807, 2.05) is 41.3 Å². The molecular formula is C20H21N3O3. The van der Waals surface area contributed by atoms with Gasteiger partial charge in [0.2, 0.25) is 5.91 Å². The summed E-state index contributed by atoms with van der Waals surface area (Å²) in [6, 6.07) is 12.8. The molecule has 6 nitrogen and oxygen atoms in total. The molecule has 2 aromatic rings. The Balaban J connectivity index is 1.53. The van der Waals surface area contributed by atoms with Crippen LogP contribution in [0.4, 0.5) is 0 Å². The van der Waals surface area contributed by atoms with Crippen molar-refractivity contribution in [2.45, 2.75) is 24.9 Å². The van der Waals surface area contributed by atoms with Crippen LogP contribution in [0.2, 0.25) is 0 Å². The number of aromatic nitrogens is 1. The molecular weight excluding hydrogens is 330 g/mol. The Hall–Kier alpha value is -2.89. The van der Waals surface area contributed by atoms with Crippen LogP contribution in [0, 0.1) is 0 Å². The Morgan fingerprint density at radius 3 is 2.92 bits per heavy atom. The van der Waals surface area contributed by atoms with Crippen LogP contribution in [0.3, 0.4) is 0 Å². The number of carbonyl (C=O) groups excluding carboxylic acids is 2. The zero-order valence-electron chi connectivity index (χ0n) is 14.5. The van der Waals surface area contributed by atoms with E-state index >= 15 is 0 Å².